The van der Waals surface area contributed by atoms with Crippen LogP contribution < -0.4 is 4.90 Å². The molecule has 2 rings (SSSR count). The number of methoxy groups -OCH3 is 1. The van der Waals surface area contributed by atoms with Gasteiger partial charge in [-0.1, -0.05) is 0 Å². The molecule has 0 aliphatic carbocycles. The van der Waals surface area contributed by atoms with Gasteiger partial charge in [0.05, 0.1) is 0 Å². The molecule has 1 aromatic rings. The lowest BCUT2D eigenvalue weighted by Crippen LogP contribution is -2.37. The first-order valence-electron chi connectivity index (χ1n) is 5.39. The molecule has 2 heterocycles. The van der Waals surface area contributed by atoms with E-state index in [9.17, 15) is 0 Å². The van der Waals surface area contributed by atoms with Gasteiger partial charge in [0.2, 0.25) is 5.13 Å². The Labute approximate surface area is 94.4 Å². The highest BCUT2D eigenvalue weighted by Gasteiger charge is 2.21. The van der Waals surface area contributed by atoms with Crippen LogP contribution in [0.1, 0.15) is 32.0 Å². The second kappa shape index (κ2) is 4.90. The maximum atomic E-state index is 5.02. The SMILES string of the molecule is COCc1nsc(N2CCCCC2C)n1. The van der Waals surface area contributed by atoms with E-state index in [0.29, 0.717) is 12.6 Å². The largest absolute Gasteiger partial charge is 0.377 e. The first kappa shape index (κ1) is 10.8. The lowest BCUT2D eigenvalue weighted by atomic mass is 10.1. The quantitative estimate of drug-likeness (QED) is 0.792. The summed E-state index contributed by atoms with van der Waals surface area (Å²) in [5.41, 5.74) is 0. The third-order valence-electron chi connectivity index (χ3n) is 2.78. The van der Waals surface area contributed by atoms with Crippen molar-refractivity contribution in [1.29, 1.82) is 0 Å². The van der Waals surface area contributed by atoms with E-state index in [0.717, 1.165) is 17.5 Å². The fourth-order valence-corrected chi connectivity index (χ4v) is 2.73. The minimum absolute atomic E-state index is 0.513. The number of rotatable bonds is 3. The molecule has 1 aromatic heterocycles. The van der Waals surface area contributed by atoms with Crippen molar-refractivity contribution in [3.05, 3.63) is 5.82 Å². The Hall–Kier alpha value is -0.680. The molecule has 0 aromatic carbocycles. The third kappa shape index (κ3) is 2.46. The van der Waals surface area contributed by atoms with Crippen LogP contribution in [0.15, 0.2) is 0 Å². The van der Waals surface area contributed by atoms with Gasteiger partial charge in [0.1, 0.15) is 6.61 Å². The van der Waals surface area contributed by atoms with E-state index in [1.165, 1.54) is 30.8 Å². The molecule has 0 amide bonds. The van der Waals surface area contributed by atoms with Crippen molar-refractivity contribution in [1.82, 2.24) is 9.36 Å². The molecule has 1 saturated heterocycles. The first-order chi connectivity index (χ1) is 7.31. The van der Waals surface area contributed by atoms with Crippen molar-refractivity contribution in [2.45, 2.75) is 38.8 Å². The maximum absolute atomic E-state index is 5.02. The van der Waals surface area contributed by atoms with Crippen molar-refractivity contribution < 1.29 is 4.74 Å². The fraction of sp³-hybridized carbons (Fsp3) is 0.800. The lowest BCUT2D eigenvalue weighted by molar-refractivity contribution is 0.179. The van der Waals surface area contributed by atoms with E-state index in [1.807, 2.05) is 0 Å². The van der Waals surface area contributed by atoms with Gasteiger partial charge in [0.15, 0.2) is 5.82 Å². The highest BCUT2D eigenvalue weighted by atomic mass is 32.1. The monoisotopic (exact) mass is 227 g/mol. The molecule has 0 radical (unpaired) electrons. The van der Waals surface area contributed by atoms with Crippen LogP contribution in [0.5, 0.6) is 0 Å². The molecule has 0 bridgehead atoms. The number of nitrogens with zero attached hydrogens (tertiary/aromatic N) is 3. The normalized spacial score (nSPS) is 22.0. The van der Waals surface area contributed by atoms with Gasteiger partial charge in [-0.3, -0.25) is 0 Å². The molecule has 0 saturated carbocycles. The molecular weight excluding hydrogens is 210 g/mol. The van der Waals surface area contributed by atoms with Crippen LogP contribution in [-0.4, -0.2) is 29.1 Å². The summed E-state index contributed by atoms with van der Waals surface area (Å²) in [6.45, 7) is 3.89. The minimum Gasteiger partial charge on any atom is -0.377 e. The highest BCUT2D eigenvalue weighted by molar-refractivity contribution is 7.09. The average Bonchev–Trinajstić information content (AvgIpc) is 2.68. The van der Waals surface area contributed by atoms with Crippen LogP contribution in [0.25, 0.3) is 0 Å². The highest BCUT2D eigenvalue weighted by Crippen LogP contribution is 2.25. The first-order valence-corrected chi connectivity index (χ1v) is 6.17. The number of anilines is 1. The number of ether oxygens (including phenoxy) is 1. The predicted molar refractivity (Wildman–Crippen MR) is 61.3 cm³/mol. The Morgan fingerprint density at radius 2 is 2.40 bits per heavy atom. The fourth-order valence-electron chi connectivity index (χ4n) is 1.93. The molecule has 15 heavy (non-hydrogen) atoms. The molecule has 1 aliphatic rings. The van der Waals surface area contributed by atoms with Gasteiger partial charge >= 0.3 is 0 Å². The Kier molecular flexibility index (Phi) is 3.53. The molecule has 84 valence electrons. The average molecular weight is 227 g/mol. The second-order valence-electron chi connectivity index (χ2n) is 3.96. The Morgan fingerprint density at radius 3 is 3.13 bits per heavy atom. The van der Waals surface area contributed by atoms with Crippen LogP contribution in [-0.2, 0) is 11.3 Å². The van der Waals surface area contributed by atoms with E-state index < -0.39 is 0 Å². The van der Waals surface area contributed by atoms with Crippen LogP contribution in [0, 0.1) is 0 Å². The zero-order valence-electron chi connectivity index (χ0n) is 9.27. The standard InChI is InChI=1S/C10H17N3OS/c1-8-5-3-4-6-13(8)10-11-9(7-14-2)12-15-10/h8H,3-7H2,1-2H3. The van der Waals surface area contributed by atoms with Crippen LogP contribution >= 0.6 is 11.5 Å². The summed E-state index contributed by atoms with van der Waals surface area (Å²) in [5, 5.41) is 1.05. The summed E-state index contributed by atoms with van der Waals surface area (Å²) in [5.74, 6) is 0.801. The molecule has 1 fully saturated rings. The summed E-state index contributed by atoms with van der Waals surface area (Å²) >= 11 is 1.48. The van der Waals surface area contributed by atoms with Gasteiger partial charge in [-0.25, -0.2) is 4.98 Å². The molecule has 1 unspecified atom stereocenters. The van der Waals surface area contributed by atoms with Gasteiger partial charge < -0.3 is 9.64 Å². The molecule has 1 atom stereocenters. The summed E-state index contributed by atoms with van der Waals surface area (Å²) in [7, 11) is 1.67. The number of hydrogen-bond donors (Lipinski definition) is 0. The van der Waals surface area contributed by atoms with E-state index in [4.69, 9.17) is 4.74 Å². The van der Waals surface area contributed by atoms with E-state index in [-0.39, 0.29) is 0 Å². The Balaban J connectivity index is 2.06. The molecule has 5 heteroatoms. The van der Waals surface area contributed by atoms with E-state index in [1.54, 1.807) is 7.11 Å². The van der Waals surface area contributed by atoms with Gasteiger partial charge in [-0.15, -0.1) is 0 Å². The summed E-state index contributed by atoms with van der Waals surface area (Å²) in [6.07, 6.45) is 3.87. The smallest absolute Gasteiger partial charge is 0.205 e. The van der Waals surface area contributed by atoms with E-state index in [2.05, 4.69) is 21.2 Å². The Bertz CT molecular complexity index is 315. The molecule has 4 nitrogen and oxygen atoms in total. The number of hydrogen-bond acceptors (Lipinski definition) is 5. The third-order valence-corrected chi connectivity index (χ3v) is 3.57. The van der Waals surface area contributed by atoms with Crippen LogP contribution in [0.2, 0.25) is 0 Å². The lowest BCUT2D eigenvalue weighted by Gasteiger charge is -2.32. The zero-order chi connectivity index (χ0) is 10.7. The summed E-state index contributed by atoms with van der Waals surface area (Å²) < 4.78 is 9.30. The van der Waals surface area contributed by atoms with Crippen molar-refractivity contribution in [3.8, 4) is 0 Å². The molecular formula is C10H17N3OS. The Morgan fingerprint density at radius 1 is 1.53 bits per heavy atom. The van der Waals surface area contributed by atoms with Crippen molar-refractivity contribution in [2.24, 2.45) is 0 Å². The van der Waals surface area contributed by atoms with Crippen molar-refractivity contribution in [3.63, 3.8) is 0 Å². The molecule has 1 aliphatic heterocycles. The van der Waals surface area contributed by atoms with Crippen LogP contribution in [0.4, 0.5) is 5.13 Å². The van der Waals surface area contributed by atoms with Crippen molar-refractivity contribution in [2.75, 3.05) is 18.6 Å². The maximum Gasteiger partial charge on any atom is 0.205 e. The van der Waals surface area contributed by atoms with E-state index >= 15 is 0 Å². The van der Waals surface area contributed by atoms with Crippen LogP contribution in [0.3, 0.4) is 0 Å². The number of aromatic nitrogens is 2. The van der Waals surface area contributed by atoms with Gasteiger partial charge in [0.25, 0.3) is 0 Å². The topological polar surface area (TPSA) is 38.2 Å². The van der Waals surface area contributed by atoms with Gasteiger partial charge in [-0.05, 0) is 26.2 Å². The summed E-state index contributed by atoms with van der Waals surface area (Å²) in [4.78, 5) is 6.84. The molecule has 0 N–H and O–H groups in total. The zero-order valence-corrected chi connectivity index (χ0v) is 10.1. The second-order valence-corrected chi connectivity index (χ2v) is 4.69. The van der Waals surface area contributed by atoms with Crippen molar-refractivity contribution >= 4 is 16.7 Å². The summed E-state index contributed by atoms with van der Waals surface area (Å²) in [6, 6.07) is 0.599. The minimum atomic E-state index is 0.513. The molecule has 0 spiro atoms. The predicted octanol–water partition coefficient (Wildman–Crippen LogP) is 2.06. The number of piperidine rings is 1. The van der Waals surface area contributed by atoms with Gasteiger partial charge in [-0.2, -0.15) is 4.37 Å². The van der Waals surface area contributed by atoms with Gasteiger partial charge in [0, 0.05) is 31.2 Å².